The van der Waals surface area contributed by atoms with E-state index in [0.29, 0.717) is 34.2 Å². The Hall–Kier alpha value is -3.28. The Morgan fingerprint density at radius 3 is 2.38 bits per heavy atom. The number of hydrogen-bond donors (Lipinski definition) is 1. The SMILES string of the molecule is CCCOc1ccc(/C(O)=C2\C(=O)C(=O)N(c3ccc(Cl)c(Cl)c3)C2c2cccc(C)c2)cc1. The summed E-state index contributed by atoms with van der Waals surface area (Å²) in [7, 11) is 0. The molecule has 174 valence electrons. The summed E-state index contributed by atoms with van der Waals surface area (Å²) >= 11 is 12.3. The van der Waals surface area contributed by atoms with Gasteiger partial charge < -0.3 is 9.84 Å². The van der Waals surface area contributed by atoms with Crippen molar-refractivity contribution in [1.29, 1.82) is 0 Å². The van der Waals surface area contributed by atoms with E-state index in [1.807, 2.05) is 38.1 Å². The Labute approximate surface area is 208 Å². The first-order valence-corrected chi connectivity index (χ1v) is 11.6. The van der Waals surface area contributed by atoms with Crippen LogP contribution in [0.5, 0.6) is 5.75 Å². The van der Waals surface area contributed by atoms with Crippen molar-refractivity contribution < 1.29 is 19.4 Å². The fourth-order valence-electron chi connectivity index (χ4n) is 3.97. The van der Waals surface area contributed by atoms with E-state index < -0.39 is 17.7 Å². The summed E-state index contributed by atoms with van der Waals surface area (Å²) in [5, 5.41) is 11.8. The summed E-state index contributed by atoms with van der Waals surface area (Å²) in [6, 6.07) is 18.2. The van der Waals surface area contributed by atoms with Gasteiger partial charge in [0.1, 0.15) is 11.5 Å². The van der Waals surface area contributed by atoms with Gasteiger partial charge in [-0.3, -0.25) is 14.5 Å². The molecule has 4 rings (SSSR count). The molecule has 1 aliphatic heterocycles. The van der Waals surface area contributed by atoms with Crippen LogP contribution in [0.1, 0.15) is 36.1 Å². The summed E-state index contributed by atoms with van der Waals surface area (Å²) in [6.45, 7) is 4.51. The van der Waals surface area contributed by atoms with Crippen LogP contribution in [0.4, 0.5) is 5.69 Å². The largest absolute Gasteiger partial charge is 0.507 e. The van der Waals surface area contributed by atoms with Gasteiger partial charge in [0.15, 0.2) is 0 Å². The zero-order chi connectivity index (χ0) is 24.4. The van der Waals surface area contributed by atoms with Gasteiger partial charge in [-0.25, -0.2) is 0 Å². The molecule has 1 amide bonds. The highest BCUT2D eigenvalue weighted by molar-refractivity contribution is 6.52. The monoisotopic (exact) mass is 495 g/mol. The summed E-state index contributed by atoms with van der Waals surface area (Å²) in [4.78, 5) is 27.8. The Morgan fingerprint density at radius 1 is 1.00 bits per heavy atom. The molecule has 7 heteroatoms. The lowest BCUT2D eigenvalue weighted by Crippen LogP contribution is -2.29. The fraction of sp³-hybridized carbons (Fsp3) is 0.185. The summed E-state index contributed by atoms with van der Waals surface area (Å²) in [5.41, 5.74) is 2.47. The molecule has 1 heterocycles. The van der Waals surface area contributed by atoms with Crippen molar-refractivity contribution in [2.45, 2.75) is 26.3 Å². The van der Waals surface area contributed by atoms with E-state index in [0.717, 1.165) is 12.0 Å². The van der Waals surface area contributed by atoms with Crippen molar-refractivity contribution in [2.24, 2.45) is 0 Å². The number of aliphatic hydroxyl groups is 1. The molecule has 1 fully saturated rings. The molecule has 5 nitrogen and oxygen atoms in total. The number of halogens is 2. The molecule has 0 aromatic heterocycles. The minimum Gasteiger partial charge on any atom is -0.507 e. The smallest absolute Gasteiger partial charge is 0.300 e. The van der Waals surface area contributed by atoms with E-state index in [9.17, 15) is 14.7 Å². The number of benzene rings is 3. The van der Waals surface area contributed by atoms with E-state index in [-0.39, 0.29) is 16.4 Å². The average molecular weight is 496 g/mol. The number of aryl methyl sites for hydroxylation is 1. The number of anilines is 1. The molecule has 0 spiro atoms. The van der Waals surface area contributed by atoms with Crippen LogP contribution in [0.25, 0.3) is 5.76 Å². The van der Waals surface area contributed by atoms with Crippen molar-refractivity contribution >= 4 is 46.3 Å². The number of ether oxygens (including phenoxy) is 1. The third kappa shape index (κ3) is 4.54. The topological polar surface area (TPSA) is 66.8 Å². The van der Waals surface area contributed by atoms with Gasteiger partial charge in [-0.1, -0.05) is 60.0 Å². The van der Waals surface area contributed by atoms with Crippen LogP contribution >= 0.6 is 23.2 Å². The van der Waals surface area contributed by atoms with Gasteiger partial charge in [-0.15, -0.1) is 0 Å². The maximum Gasteiger partial charge on any atom is 0.300 e. The lowest BCUT2D eigenvalue weighted by atomic mass is 9.94. The maximum atomic E-state index is 13.2. The zero-order valence-corrected chi connectivity index (χ0v) is 20.2. The average Bonchev–Trinajstić information content (AvgIpc) is 3.10. The Balaban J connectivity index is 1.87. The van der Waals surface area contributed by atoms with Gasteiger partial charge in [-0.05, 0) is 61.4 Å². The molecule has 0 aliphatic carbocycles. The molecule has 1 unspecified atom stereocenters. The van der Waals surface area contributed by atoms with Crippen LogP contribution in [-0.4, -0.2) is 23.4 Å². The van der Waals surface area contributed by atoms with Gasteiger partial charge in [0.2, 0.25) is 0 Å². The zero-order valence-electron chi connectivity index (χ0n) is 18.7. The van der Waals surface area contributed by atoms with Gasteiger partial charge in [-0.2, -0.15) is 0 Å². The van der Waals surface area contributed by atoms with Gasteiger partial charge in [0.05, 0.1) is 28.3 Å². The van der Waals surface area contributed by atoms with Crippen LogP contribution in [0.15, 0.2) is 72.3 Å². The molecule has 1 aliphatic rings. The lowest BCUT2D eigenvalue weighted by Gasteiger charge is -2.26. The van der Waals surface area contributed by atoms with Crippen LogP contribution in [0, 0.1) is 6.92 Å². The van der Waals surface area contributed by atoms with Gasteiger partial charge in [0.25, 0.3) is 11.7 Å². The second-order valence-corrected chi connectivity index (χ2v) is 8.87. The molecule has 3 aromatic carbocycles. The highest BCUT2D eigenvalue weighted by Crippen LogP contribution is 2.43. The second-order valence-electron chi connectivity index (χ2n) is 8.05. The predicted molar refractivity (Wildman–Crippen MR) is 135 cm³/mol. The van der Waals surface area contributed by atoms with E-state index in [2.05, 4.69) is 0 Å². The number of hydrogen-bond acceptors (Lipinski definition) is 4. The molecule has 1 N–H and O–H groups in total. The fourth-order valence-corrected chi connectivity index (χ4v) is 4.27. The third-order valence-corrected chi connectivity index (χ3v) is 6.32. The molecule has 0 radical (unpaired) electrons. The van der Waals surface area contributed by atoms with Crippen LogP contribution in [0.2, 0.25) is 10.0 Å². The standard InChI is InChI=1S/C27H23Cl2NO4/c1-3-13-34-20-10-7-17(8-11-20)25(31)23-24(18-6-4-5-16(2)14-18)30(27(33)26(23)32)19-9-12-21(28)22(29)15-19/h4-12,14-15,24,31H,3,13H2,1-2H3/b25-23+. The second kappa shape index (κ2) is 9.92. The Bertz CT molecular complexity index is 1280. The van der Waals surface area contributed by atoms with Crippen LogP contribution in [0.3, 0.4) is 0 Å². The lowest BCUT2D eigenvalue weighted by molar-refractivity contribution is -0.132. The van der Waals surface area contributed by atoms with Crippen molar-refractivity contribution in [1.82, 2.24) is 0 Å². The van der Waals surface area contributed by atoms with Crippen molar-refractivity contribution in [3.05, 3.63) is 99.0 Å². The molecule has 1 saturated heterocycles. The molecule has 34 heavy (non-hydrogen) atoms. The quantitative estimate of drug-likeness (QED) is 0.234. The molecular formula is C27H23Cl2NO4. The van der Waals surface area contributed by atoms with E-state index in [4.69, 9.17) is 27.9 Å². The minimum absolute atomic E-state index is 0.00361. The first-order valence-electron chi connectivity index (χ1n) is 10.9. The van der Waals surface area contributed by atoms with Crippen molar-refractivity contribution in [2.75, 3.05) is 11.5 Å². The first kappa shape index (κ1) is 23.9. The highest BCUT2D eigenvalue weighted by atomic mass is 35.5. The summed E-state index contributed by atoms with van der Waals surface area (Å²) < 4.78 is 5.60. The van der Waals surface area contributed by atoms with Crippen molar-refractivity contribution in [3.63, 3.8) is 0 Å². The number of ketones is 1. The molecule has 0 bridgehead atoms. The number of carbonyl (C=O) groups excluding carboxylic acids is 2. The van der Waals surface area contributed by atoms with E-state index >= 15 is 0 Å². The minimum atomic E-state index is -0.840. The van der Waals surface area contributed by atoms with E-state index in [1.54, 1.807) is 36.4 Å². The normalized spacial score (nSPS) is 17.3. The molecule has 0 saturated carbocycles. The number of amides is 1. The molecule has 1 atom stereocenters. The number of aliphatic hydroxyl groups excluding tert-OH is 1. The van der Waals surface area contributed by atoms with Crippen molar-refractivity contribution in [3.8, 4) is 5.75 Å². The van der Waals surface area contributed by atoms with Gasteiger partial charge in [0, 0.05) is 11.3 Å². The summed E-state index contributed by atoms with van der Waals surface area (Å²) in [6.07, 6.45) is 0.871. The van der Waals surface area contributed by atoms with Crippen LogP contribution in [-0.2, 0) is 9.59 Å². The maximum absolute atomic E-state index is 13.2. The first-order chi connectivity index (χ1) is 16.3. The highest BCUT2D eigenvalue weighted by Gasteiger charge is 2.47. The van der Waals surface area contributed by atoms with Crippen LogP contribution < -0.4 is 9.64 Å². The third-order valence-electron chi connectivity index (χ3n) is 5.58. The van der Waals surface area contributed by atoms with Gasteiger partial charge >= 0.3 is 0 Å². The number of nitrogens with zero attached hydrogens (tertiary/aromatic N) is 1. The number of rotatable bonds is 6. The molecule has 3 aromatic rings. The number of carbonyl (C=O) groups is 2. The number of Topliss-reactive ketones (excluding diaryl/α,β-unsaturated/α-hetero) is 1. The Kier molecular flexibility index (Phi) is 6.96. The molecular weight excluding hydrogens is 473 g/mol. The van der Waals surface area contributed by atoms with E-state index in [1.165, 1.54) is 11.0 Å². The predicted octanol–water partition coefficient (Wildman–Crippen LogP) is 6.72. The Morgan fingerprint density at radius 2 is 1.74 bits per heavy atom. The summed E-state index contributed by atoms with van der Waals surface area (Å²) in [5.74, 6) is -1.13.